The molecule has 2 heterocycles. The molecule has 0 atom stereocenters. The van der Waals surface area contributed by atoms with E-state index >= 15 is 0 Å². The quantitative estimate of drug-likeness (QED) is 0.609. The van der Waals surface area contributed by atoms with Gasteiger partial charge < -0.3 is 4.90 Å². The van der Waals surface area contributed by atoms with Crippen molar-refractivity contribution in [3.05, 3.63) is 60.2 Å². The minimum absolute atomic E-state index is 0.687. The lowest BCUT2D eigenvalue weighted by Gasteiger charge is -2.32. The smallest absolute Gasteiger partial charge is 0.133 e. The molecule has 3 aromatic rings. The van der Waals surface area contributed by atoms with Crippen LogP contribution < -0.4 is 4.90 Å². The predicted octanol–water partition coefficient (Wildman–Crippen LogP) is 5.60. The van der Waals surface area contributed by atoms with Crippen molar-refractivity contribution in [1.82, 2.24) is 4.98 Å². The first-order chi connectivity index (χ1) is 12.4. The molecular weight excluding hydrogens is 304 g/mol. The van der Waals surface area contributed by atoms with E-state index in [0.717, 1.165) is 18.5 Å². The first-order valence-electron chi connectivity index (χ1n) is 9.65. The number of hydrogen-bond donors (Lipinski definition) is 0. The second-order valence-corrected chi connectivity index (χ2v) is 7.41. The van der Waals surface area contributed by atoms with Crippen LogP contribution in [0.4, 0.5) is 5.82 Å². The van der Waals surface area contributed by atoms with Crippen LogP contribution in [0, 0.1) is 0 Å². The fraction of sp³-hybridized carbons (Fsp3) is 0.348. The van der Waals surface area contributed by atoms with Crippen LogP contribution in [0.3, 0.4) is 0 Å². The van der Waals surface area contributed by atoms with Crippen molar-refractivity contribution in [3.63, 3.8) is 0 Å². The Morgan fingerprint density at radius 2 is 1.60 bits per heavy atom. The van der Waals surface area contributed by atoms with Gasteiger partial charge in [-0.05, 0) is 36.5 Å². The molecule has 1 fully saturated rings. The number of nitrogens with zero attached hydrogens (tertiary/aromatic N) is 2. The lowest BCUT2D eigenvalue weighted by atomic mass is 9.94. The Hall–Kier alpha value is -2.35. The third-order valence-electron chi connectivity index (χ3n) is 5.92. The molecule has 0 saturated heterocycles. The summed E-state index contributed by atoms with van der Waals surface area (Å²) in [5, 5.41) is 1.29. The molecule has 0 amide bonds. The highest BCUT2D eigenvalue weighted by molar-refractivity contribution is 5.99. The number of fused-ring (bicyclic) bond motifs is 2. The molecule has 2 aliphatic rings. The Morgan fingerprint density at radius 3 is 2.44 bits per heavy atom. The van der Waals surface area contributed by atoms with Gasteiger partial charge in [0.1, 0.15) is 5.82 Å². The zero-order valence-electron chi connectivity index (χ0n) is 14.6. The second kappa shape index (κ2) is 6.18. The van der Waals surface area contributed by atoms with Crippen molar-refractivity contribution >= 4 is 16.7 Å². The van der Waals surface area contributed by atoms with Crippen LogP contribution in [0.15, 0.2) is 54.6 Å². The summed E-state index contributed by atoms with van der Waals surface area (Å²) >= 11 is 0. The van der Waals surface area contributed by atoms with Gasteiger partial charge in [0, 0.05) is 23.5 Å². The molecule has 2 nitrogen and oxygen atoms in total. The first-order valence-corrected chi connectivity index (χ1v) is 9.65. The van der Waals surface area contributed by atoms with E-state index in [1.165, 1.54) is 60.0 Å². The third kappa shape index (κ3) is 2.52. The van der Waals surface area contributed by atoms with Crippen LogP contribution in [0.2, 0.25) is 0 Å². The molecule has 0 spiro atoms. The van der Waals surface area contributed by atoms with E-state index in [1.807, 2.05) is 0 Å². The van der Waals surface area contributed by atoms with Gasteiger partial charge in [-0.25, -0.2) is 4.98 Å². The highest BCUT2D eigenvalue weighted by Gasteiger charge is 2.31. The molecule has 1 aliphatic carbocycles. The Balaban J connectivity index is 1.71. The maximum absolute atomic E-state index is 5.12. The molecule has 2 aromatic carbocycles. The van der Waals surface area contributed by atoms with E-state index in [1.54, 1.807) is 0 Å². The molecule has 25 heavy (non-hydrogen) atoms. The number of benzene rings is 2. The van der Waals surface area contributed by atoms with E-state index in [0.29, 0.717) is 6.04 Å². The topological polar surface area (TPSA) is 16.1 Å². The SMILES string of the molecule is c1ccc(-c2c3c(nc4ccccc24)N(C2CCCCC2)CC3)cc1. The maximum Gasteiger partial charge on any atom is 0.133 e. The number of anilines is 1. The van der Waals surface area contributed by atoms with Crippen LogP contribution >= 0.6 is 0 Å². The van der Waals surface area contributed by atoms with Crippen molar-refractivity contribution in [2.45, 2.75) is 44.6 Å². The summed E-state index contributed by atoms with van der Waals surface area (Å²) in [5.74, 6) is 1.25. The molecule has 126 valence electrons. The Morgan fingerprint density at radius 1 is 0.840 bits per heavy atom. The number of para-hydroxylation sites is 1. The molecule has 0 N–H and O–H groups in total. The van der Waals surface area contributed by atoms with E-state index in [9.17, 15) is 0 Å². The zero-order valence-corrected chi connectivity index (χ0v) is 14.6. The second-order valence-electron chi connectivity index (χ2n) is 7.41. The summed E-state index contributed by atoms with van der Waals surface area (Å²) in [7, 11) is 0. The fourth-order valence-electron chi connectivity index (χ4n) is 4.73. The van der Waals surface area contributed by atoms with Gasteiger partial charge in [0.2, 0.25) is 0 Å². The standard InChI is InChI=1S/C23H24N2/c1-3-9-17(10-4-1)22-19-13-7-8-14-21(19)24-23-20(22)15-16-25(23)18-11-5-2-6-12-18/h1,3-4,7-10,13-14,18H,2,5-6,11-12,15-16H2. The van der Waals surface area contributed by atoms with E-state index < -0.39 is 0 Å². The Kier molecular flexibility index (Phi) is 3.70. The Bertz CT molecular complexity index is 895. The molecule has 0 bridgehead atoms. The minimum atomic E-state index is 0.687. The van der Waals surface area contributed by atoms with Crippen LogP contribution in [-0.4, -0.2) is 17.6 Å². The molecule has 1 aromatic heterocycles. The number of pyridine rings is 1. The van der Waals surface area contributed by atoms with Crippen molar-refractivity contribution in [2.75, 3.05) is 11.4 Å². The maximum atomic E-state index is 5.12. The number of hydrogen-bond acceptors (Lipinski definition) is 2. The normalized spacial score (nSPS) is 17.8. The lowest BCUT2D eigenvalue weighted by Crippen LogP contribution is -2.35. The average molecular weight is 328 g/mol. The lowest BCUT2D eigenvalue weighted by molar-refractivity contribution is 0.419. The van der Waals surface area contributed by atoms with Gasteiger partial charge in [0.25, 0.3) is 0 Å². The summed E-state index contributed by atoms with van der Waals surface area (Å²) in [4.78, 5) is 7.74. The summed E-state index contributed by atoms with van der Waals surface area (Å²) in [6, 6.07) is 20.2. The summed E-state index contributed by atoms with van der Waals surface area (Å²) in [6.07, 6.45) is 7.92. The highest BCUT2D eigenvalue weighted by Crippen LogP contribution is 2.41. The molecule has 5 rings (SSSR count). The zero-order chi connectivity index (χ0) is 16.6. The van der Waals surface area contributed by atoms with Gasteiger partial charge in [-0.3, -0.25) is 0 Å². The van der Waals surface area contributed by atoms with Crippen LogP contribution in [0.25, 0.3) is 22.0 Å². The summed E-state index contributed by atoms with van der Waals surface area (Å²) in [5.41, 5.74) is 5.31. The van der Waals surface area contributed by atoms with Crippen molar-refractivity contribution < 1.29 is 0 Å². The molecule has 0 radical (unpaired) electrons. The monoisotopic (exact) mass is 328 g/mol. The van der Waals surface area contributed by atoms with E-state index in [4.69, 9.17) is 4.98 Å². The van der Waals surface area contributed by atoms with Gasteiger partial charge in [-0.2, -0.15) is 0 Å². The number of aromatic nitrogens is 1. The van der Waals surface area contributed by atoms with Gasteiger partial charge in [0.05, 0.1) is 5.52 Å². The molecule has 1 saturated carbocycles. The molecular formula is C23H24N2. The van der Waals surface area contributed by atoms with Crippen LogP contribution in [0.5, 0.6) is 0 Å². The van der Waals surface area contributed by atoms with Gasteiger partial charge in [-0.1, -0.05) is 67.8 Å². The van der Waals surface area contributed by atoms with Gasteiger partial charge in [0.15, 0.2) is 0 Å². The molecule has 2 heteroatoms. The van der Waals surface area contributed by atoms with E-state index in [-0.39, 0.29) is 0 Å². The van der Waals surface area contributed by atoms with Gasteiger partial charge >= 0.3 is 0 Å². The summed E-state index contributed by atoms with van der Waals surface area (Å²) in [6.45, 7) is 1.13. The fourth-order valence-corrected chi connectivity index (χ4v) is 4.73. The van der Waals surface area contributed by atoms with E-state index in [2.05, 4.69) is 59.5 Å². The molecule has 1 aliphatic heterocycles. The average Bonchev–Trinajstić information content (AvgIpc) is 3.11. The molecule has 0 unspecified atom stereocenters. The number of rotatable bonds is 2. The highest BCUT2D eigenvalue weighted by atomic mass is 15.2. The van der Waals surface area contributed by atoms with Crippen LogP contribution in [0.1, 0.15) is 37.7 Å². The van der Waals surface area contributed by atoms with Crippen molar-refractivity contribution in [3.8, 4) is 11.1 Å². The van der Waals surface area contributed by atoms with Crippen molar-refractivity contribution in [1.29, 1.82) is 0 Å². The third-order valence-corrected chi connectivity index (χ3v) is 5.92. The largest absolute Gasteiger partial charge is 0.353 e. The summed E-state index contributed by atoms with van der Waals surface area (Å²) < 4.78 is 0. The predicted molar refractivity (Wildman–Crippen MR) is 105 cm³/mol. The first kappa shape index (κ1) is 14.9. The van der Waals surface area contributed by atoms with Crippen LogP contribution in [-0.2, 0) is 6.42 Å². The van der Waals surface area contributed by atoms with Gasteiger partial charge in [-0.15, -0.1) is 0 Å². The minimum Gasteiger partial charge on any atom is -0.353 e. The van der Waals surface area contributed by atoms with Crippen molar-refractivity contribution in [2.24, 2.45) is 0 Å². The Labute approximate surface area is 149 Å².